The molecular formula is C16H23NO3. The van der Waals surface area contributed by atoms with Crippen LogP contribution in [0.25, 0.3) is 0 Å². The molecule has 0 N–H and O–H groups in total. The standard InChI is InChI=1S/C16H23NO3/c1-14(13-17-9-11-19-12-10-17)20-16(18)8-7-15-5-3-2-4-6-15/h2-6,14H,7-13H2,1H3/t14-/m0/s1. The van der Waals surface area contributed by atoms with Crippen LogP contribution in [0.3, 0.4) is 0 Å². The van der Waals surface area contributed by atoms with Crippen LogP contribution in [0.5, 0.6) is 0 Å². The van der Waals surface area contributed by atoms with Crippen LogP contribution in [0, 0.1) is 0 Å². The van der Waals surface area contributed by atoms with E-state index in [-0.39, 0.29) is 12.1 Å². The third kappa shape index (κ3) is 5.31. The Bertz CT molecular complexity index is 401. The molecule has 1 aliphatic rings. The maximum absolute atomic E-state index is 11.8. The number of benzene rings is 1. The summed E-state index contributed by atoms with van der Waals surface area (Å²) in [7, 11) is 0. The van der Waals surface area contributed by atoms with Crippen molar-refractivity contribution in [3.63, 3.8) is 0 Å². The normalized spacial score (nSPS) is 17.6. The predicted octanol–water partition coefficient (Wildman–Crippen LogP) is 1.88. The molecule has 4 heteroatoms. The van der Waals surface area contributed by atoms with Crippen molar-refractivity contribution < 1.29 is 14.3 Å². The smallest absolute Gasteiger partial charge is 0.306 e. The van der Waals surface area contributed by atoms with Crippen molar-refractivity contribution in [3.8, 4) is 0 Å². The van der Waals surface area contributed by atoms with Gasteiger partial charge in [0.05, 0.1) is 13.2 Å². The monoisotopic (exact) mass is 277 g/mol. The van der Waals surface area contributed by atoms with Gasteiger partial charge in [-0.3, -0.25) is 9.69 Å². The number of hydrogen-bond donors (Lipinski definition) is 0. The molecule has 2 rings (SSSR count). The van der Waals surface area contributed by atoms with Crippen molar-refractivity contribution >= 4 is 5.97 Å². The first-order valence-corrected chi connectivity index (χ1v) is 7.27. The second kappa shape index (κ2) is 8.02. The minimum absolute atomic E-state index is 0.0589. The predicted molar refractivity (Wildman–Crippen MR) is 77.6 cm³/mol. The first-order valence-electron chi connectivity index (χ1n) is 7.27. The van der Waals surface area contributed by atoms with Crippen LogP contribution in [0.1, 0.15) is 18.9 Å². The van der Waals surface area contributed by atoms with Gasteiger partial charge in [0.15, 0.2) is 0 Å². The summed E-state index contributed by atoms with van der Waals surface area (Å²) >= 11 is 0. The van der Waals surface area contributed by atoms with E-state index in [0.717, 1.165) is 39.3 Å². The Kier molecular flexibility index (Phi) is 6.02. The molecule has 0 aromatic heterocycles. The van der Waals surface area contributed by atoms with E-state index in [9.17, 15) is 4.79 Å². The van der Waals surface area contributed by atoms with E-state index in [1.807, 2.05) is 37.3 Å². The lowest BCUT2D eigenvalue weighted by atomic mass is 10.1. The molecule has 0 unspecified atom stereocenters. The summed E-state index contributed by atoms with van der Waals surface area (Å²) in [6.45, 7) is 6.14. The highest BCUT2D eigenvalue weighted by Gasteiger charge is 2.16. The Morgan fingerprint density at radius 2 is 2.00 bits per heavy atom. The van der Waals surface area contributed by atoms with Crippen molar-refractivity contribution in [2.75, 3.05) is 32.8 Å². The highest BCUT2D eigenvalue weighted by atomic mass is 16.5. The topological polar surface area (TPSA) is 38.8 Å². The van der Waals surface area contributed by atoms with Gasteiger partial charge >= 0.3 is 5.97 Å². The molecule has 0 saturated carbocycles. The Labute approximate surface area is 120 Å². The third-order valence-electron chi connectivity index (χ3n) is 3.41. The van der Waals surface area contributed by atoms with Crippen molar-refractivity contribution in [2.24, 2.45) is 0 Å². The van der Waals surface area contributed by atoms with E-state index < -0.39 is 0 Å². The van der Waals surface area contributed by atoms with Gasteiger partial charge in [-0.2, -0.15) is 0 Å². The molecule has 1 aliphatic heterocycles. The summed E-state index contributed by atoms with van der Waals surface area (Å²) in [5, 5.41) is 0. The van der Waals surface area contributed by atoms with E-state index in [2.05, 4.69) is 4.90 Å². The number of hydrogen-bond acceptors (Lipinski definition) is 4. The van der Waals surface area contributed by atoms with Crippen molar-refractivity contribution in [3.05, 3.63) is 35.9 Å². The minimum Gasteiger partial charge on any atom is -0.461 e. The number of ether oxygens (including phenoxy) is 2. The molecule has 1 heterocycles. The van der Waals surface area contributed by atoms with Crippen molar-refractivity contribution in [1.29, 1.82) is 0 Å². The number of carbonyl (C=O) groups excluding carboxylic acids is 1. The van der Waals surface area contributed by atoms with Crippen LogP contribution < -0.4 is 0 Å². The average molecular weight is 277 g/mol. The van der Waals surface area contributed by atoms with E-state index in [1.165, 1.54) is 5.56 Å². The fraction of sp³-hybridized carbons (Fsp3) is 0.562. The molecule has 1 aromatic carbocycles. The molecule has 20 heavy (non-hydrogen) atoms. The second-order valence-corrected chi connectivity index (χ2v) is 5.20. The number of aryl methyl sites for hydroxylation is 1. The first-order chi connectivity index (χ1) is 9.74. The Hall–Kier alpha value is -1.39. The fourth-order valence-electron chi connectivity index (χ4n) is 2.36. The van der Waals surface area contributed by atoms with Gasteiger partial charge in [0, 0.05) is 26.1 Å². The van der Waals surface area contributed by atoms with Crippen molar-refractivity contribution in [2.45, 2.75) is 25.9 Å². The molecule has 4 nitrogen and oxygen atoms in total. The summed E-state index contributed by atoms with van der Waals surface area (Å²) in [6, 6.07) is 10.0. The van der Waals surface area contributed by atoms with Crippen LogP contribution >= 0.6 is 0 Å². The minimum atomic E-state index is -0.116. The molecule has 0 radical (unpaired) electrons. The number of rotatable bonds is 6. The SMILES string of the molecule is C[C@@H](CN1CCOCC1)OC(=O)CCc1ccccc1. The molecule has 1 atom stereocenters. The maximum Gasteiger partial charge on any atom is 0.306 e. The highest BCUT2D eigenvalue weighted by Crippen LogP contribution is 2.06. The Morgan fingerprint density at radius 1 is 1.30 bits per heavy atom. The summed E-state index contributed by atoms with van der Waals surface area (Å²) in [6.07, 6.45) is 1.12. The molecule has 110 valence electrons. The van der Waals surface area contributed by atoms with E-state index in [4.69, 9.17) is 9.47 Å². The maximum atomic E-state index is 11.8. The van der Waals surface area contributed by atoms with Gasteiger partial charge in [0.1, 0.15) is 6.10 Å². The van der Waals surface area contributed by atoms with Gasteiger partial charge in [-0.15, -0.1) is 0 Å². The third-order valence-corrected chi connectivity index (χ3v) is 3.41. The number of nitrogens with zero attached hydrogens (tertiary/aromatic N) is 1. The van der Waals surface area contributed by atoms with Gasteiger partial charge in [-0.05, 0) is 18.9 Å². The van der Waals surface area contributed by atoms with Gasteiger partial charge in [-0.1, -0.05) is 30.3 Å². The van der Waals surface area contributed by atoms with Gasteiger partial charge in [0.2, 0.25) is 0 Å². The number of morpholine rings is 1. The molecule has 1 aromatic rings. The van der Waals surface area contributed by atoms with Crippen LogP contribution in [-0.4, -0.2) is 49.8 Å². The van der Waals surface area contributed by atoms with Gasteiger partial charge < -0.3 is 9.47 Å². The summed E-state index contributed by atoms with van der Waals surface area (Å²) in [5.41, 5.74) is 1.17. The second-order valence-electron chi connectivity index (χ2n) is 5.20. The molecule has 0 amide bonds. The zero-order valence-electron chi connectivity index (χ0n) is 12.1. The van der Waals surface area contributed by atoms with Gasteiger partial charge in [0.25, 0.3) is 0 Å². The van der Waals surface area contributed by atoms with Crippen LogP contribution in [0.4, 0.5) is 0 Å². The lowest BCUT2D eigenvalue weighted by Gasteiger charge is -2.28. The Balaban J connectivity index is 1.65. The van der Waals surface area contributed by atoms with E-state index in [0.29, 0.717) is 6.42 Å². The number of esters is 1. The van der Waals surface area contributed by atoms with Crippen LogP contribution in [-0.2, 0) is 20.7 Å². The molecular weight excluding hydrogens is 254 g/mol. The van der Waals surface area contributed by atoms with E-state index >= 15 is 0 Å². The zero-order chi connectivity index (χ0) is 14.2. The number of carbonyl (C=O) groups is 1. The molecule has 0 spiro atoms. The molecule has 0 bridgehead atoms. The van der Waals surface area contributed by atoms with Crippen LogP contribution in [0.2, 0.25) is 0 Å². The Morgan fingerprint density at radius 3 is 2.70 bits per heavy atom. The molecule has 1 fully saturated rings. The van der Waals surface area contributed by atoms with Crippen molar-refractivity contribution in [1.82, 2.24) is 4.90 Å². The summed E-state index contributed by atoms with van der Waals surface area (Å²) in [5.74, 6) is -0.116. The lowest BCUT2D eigenvalue weighted by molar-refractivity contribution is -0.149. The lowest BCUT2D eigenvalue weighted by Crippen LogP contribution is -2.41. The summed E-state index contributed by atoms with van der Waals surface area (Å²) < 4.78 is 10.8. The highest BCUT2D eigenvalue weighted by molar-refractivity contribution is 5.69. The first kappa shape index (κ1) is 15.0. The van der Waals surface area contributed by atoms with Gasteiger partial charge in [-0.25, -0.2) is 0 Å². The molecule has 1 saturated heterocycles. The quantitative estimate of drug-likeness (QED) is 0.744. The largest absolute Gasteiger partial charge is 0.461 e. The van der Waals surface area contributed by atoms with E-state index in [1.54, 1.807) is 0 Å². The summed E-state index contributed by atoms with van der Waals surface area (Å²) in [4.78, 5) is 14.1. The van der Waals surface area contributed by atoms with Crippen LogP contribution in [0.15, 0.2) is 30.3 Å². The molecule has 0 aliphatic carbocycles. The fourth-order valence-corrected chi connectivity index (χ4v) is 2.36. The average Bonchev–Trinajstić information content (AvgIpc) is 2.47. The zero-order valence-corrected chi connectivity index (χ0v) is 12.1.